The molecule has 0 aromatic rings. The fourth-order valence-corrected chi connectivity index (χ4v) is 1.36. The molecule has 0 fully saturated rings. The van der Waals surface area contributed by atoms with Gasteiger partial charge in [-0.25, -0.2) is 0 Å². The van der Waals surface area contributed by atoms with E-state index in [9.17, 15) is 9.90 Å². The summed E-state index contributed by atoms with van der Waals surface area (Å²) in [4.78, 5) is 12.6. The SMILES string of the molecule is CC(O)CCN(CCC(=O)O)C(C)(C)C. The normalized spacial score (nSPS) is 14.3. The molecule has 90 valence electrons. The van der Waals surface area contributed by atoms with Crippen molar-refractivity contribution in [3.8, 4) is 0 Å². The van der Waals surface area contributed by atoms with E-state index in [4.69, 9.17) is 5.11 Å². The predicted molar refractivity (Wildman–Crippen MR) is 59.9 cm³/mol. The first-order valence-electron chi connectivity index (χ1n) is 5.38. The van der Waals surface area contributed by atoms with Crippen LogP contribution < -0.4 is 0 Å². The van der Waals surface area contributed by atoms with Crippen LogP contribution in [0, 0.1) is 0 Å². The minimum atomic E-state index is -0.777. The summed E-state index contributed by atoms with van der Waals surface area (Å²) in [6.45, 7) is 9.17. The number of rotatable bonds is 6. The van der Waals surface area contributed by atoms with Gasteiger partial charge in [0.1, 0.15) is 0 Å². The average molecular weight is 217 g/mol. The fourth-order valence-electron chi connectivity index (χ4n) is 1.36. The molecule has 0 aliphatic carbocycles. The van der Waals surface area contributed by atoms with Crippen LogP contribution in [0.2, 0.25) is 0 Å². The van der Waals surface area contributed by atoms with Crippen LogP contribution in [-0.2, 0) is 4.79 Å². The maximum absolute atomic E-state index is 10.5. The highest BCUT2D eigenvalue weighted by atomic mass is 16.4. The van der Waals surface area contributed by atoms with E-state index in [0.29, 0.717) is 13.0 Å². The molecule has 0 aromatic carbocycles. The molecule has 0 aromatic heterocycles. The molecule has 1 atom stereocenters. The van der Waals surface area contributed by atoms with Gasteiger partial charge in [-0.15, -0.1) is 0 Å². The lowest BCUT2D eigenvalue weighted by Crippen LogP contribution is -2.43. The Morgan fingerprint density at radius 1 is 1.33 bits per heavy atom. The standard InChI is InChI=1S/C11H23NO3/c1-9(13)5-7-12(11(2,3)4)8-6-10(14)15/h9,13H,5-8H2,1-4H3,(H,14,15). The van der Waals surface area contributed by atoms with Crippen LogP contribution in [-0.4, -0.2) is 45.8 Å². The third-order valence-corrected chi connectivity index (χ3v) is 2.36. The number of aliphatic hydroxyl groups is 1. The van der Waals surface area contributed by atoms with Gasteiger partial charge >= 0.3 is 5.97 Å². The largest absolute Gasteiger partial charge is 0.481 e. The van der Waals surface area contributed by atoms with Crippen LogP contribution in [0.3, 0.4) is 0 Å². The van der Waals surface area contributed by atoms with E-state index in [0.717, 1.165) is 6.54 Å². The Labute approximate surface area is 91.9 Å². The van der Waals surface area contributed by atoms with Gasteiger partial charge in [-0.3, -0.25) is 9.69 Å². The second-order valence-corrected chi connectivity index (χ2v) is 4.94. The Hall–Kier alpha value is -0.610. The number of nitrogens with zero attached hydrogens (tertiary/aromatic N) is 1. The molecule has 4 heteroatoms. The van der Waals surface area contributed by atoms with Crippen LogP contribution in [0.4, 0.5) is 0 Å². The van der Waals surface area contributed by atoms with Crippen LogP contribution in [0.1, 0.15) is 40.5 Å². The van der Waals surface area contributed by atoms with E-state index < -0.39 is 5.97 Å². The van der Waals surface area contributed by atoms with Crippen LogP contribution in [0.15, 0.2) is 0 Å². The monoisotopic (exact) mass is 217 g/mol. The second-order valence-electron chi connectivity index (χ2n) is 4.94. The fraction of sp³-hybridized carbons (Fsp3) is 0.909. The zero-order valence-corrected chi connectivity index (χ0v) is 10.2. The van der Waals surface area contributed by atoms with Crippen molar-refractivity contribution in [3.05, 3.63) is 0 Å². The van der Waals surface area contributed by atoms with Gasteiger partial charge in [0.25, 0.3) is 0 Å². The summed E-state index contributed by atoms with van der Waals surface area (Å²) in [6, 6.07) is 0. The van der Waals surface area contributed by atoms with E-state index in [1.165, 1.54) is 0 Å². The molecule has 1 unspecified atom stereocenters. The molecule has 15 heavy (non-hydrogen) atoms. The highest BCUT2D eigenvalue weighted by Crippen LogP contribution is 2.14. The minimum absolute atomic E-state index is 0.0513. The molecule has 0 rings (SSSR count). The summed E-state index contributed by atoms with van der Waals surface area (Å²) in [7, 11) is 0. The van der Waals surface area contributed by atoms with Crippen LogP contribution in [0.25, 0.3) is 0 Å². The summed E-state index contributed by atoms with van der Waals surface area (Å²) < 4.78 is 0. The first-order chi connectivity index (χ1) is 6.73. The molecule has 0 aliphatic heterocycles. The summed E-state index contributed by atoms with van der Waals surface area (Å²) in [5.41, 5.74) is -0.0513. The third-order valence-electron chi connectivity index (χ3n) is 2.36. The van der Waals surface area contributed by atoms with Crippen molar-refractivity contribution in [2.24, 2.45) is 0 Å². The second kappa shape index (κ2) is 6.08. The van der Waals surface area contributed by atoms with Crippen molar-refractivity contribution >= 4 is 5.97 Å². The van der Waals surface area contributed by atoms with Crippen molar-refractivity contribution in [2.45, 2.75) is 52.2 Å². The Morgan fingerprint density at radius 2 is 1.87 bits per heavy atom. The van der Waals surface area contributed by atoms with E-state index in [1.807, 2.05) is 0 Å². The lowest BCUT2D eigenvalue weighted by Gasteiger charge is -2.35. The molecule has 0 amide bonds. The number of hydrogen-bond donors (Lipinski definition) is 2. The average Bonchev–Trinajstić information content (AvgIpc) is 2.00. The van der Waals surface area contributed by atoms with E-state index >= 15 is 0 Å². The number of carboxylic acids is 1. The van der Waals surface area contributed by atoms with Gasteiger partial charge in [0.15, 0.2) is 0 Å². The molecular formula is C11H23NO3. The number of hydrogen-bond acceptors (Lipinski definition) is 3. The Kier molecular flexibility index (Phi) is 5.83. The quantitative estimate of drug-likeness (QED) is 0.704. The molecule has 0 bridgehead atoms. The van der Waals surface area contributed by atoms with E-state index in [2.05, 4.69) is 25.7 Å². The van der Waals surface area contributed by atoms with Crippen molar-refractivity contribution in [1.82, 2.24) is 4.90 Å². The van der Waals surface area contributed by atoms with Gasteiger partial charge < -0.3 is 10.2 Å². The zero-order chi connectivity index (χ0) is 12.1. The first kappa shape index (κ1) is 14.4. The van der Waals surface area contributed by atoms with E-state index in [1.54, 1.807) is 6.92 Å². The first-order valence-corrected chi connectivity index (χ1v) is 5.38. The molecule has 2 N–H and O–H groups in total. The van der Waals surface area contributed by atoms with Crippen molar-refractivity contribution in [3.63, 3.8) is 0 Å². The van der Waals surface area contributed by atoms with Gasteiger partial charge in [0.2, 0.25) is 0 Å². The highest BCUT2D eigenvalue weighted by Gasteiger charge is 2.21. The maximum Gasteiger partial charge on any atom is 0.304 e. The number of aliphatic carboxylic acids is 1. The van der Waals surface area contributed by atoms with Gasteiger partial charge in [0, 0.05) is 18.6 Å². The minimum Gasteiger partial charge on any atom is -0.481 e. The summed E-state index contributed by atoms with van der Waals surface area (Å²) in [6.07, 6.45) is 0.494. The molecule has 0 spiro atoms. The Morgan fingerprint density at radius 3 is 2.20 bits per heavy atom. The molecule has 4 nitrogen and oxygen atoms in total. The summed E-state index contributed by atoms with van der Waals surface area (Å²) in [5.74, 6) is -0.777. The van der Waals surface area contributed by atoms with Crippen molar-refractivity contribution in [1.29, 1.82) is 0 Å². The molecule has 0 aliphatic rings. The molecule has 0 saturated heterocycles. The predicted octanol–water partition coefficient (Wildman–Crippen LogP) is 1.33. The Balaban J connectivity index is 4.14. The lowest BCUT2D eigenvalue weighted by molar-refractivity contribution is -0.137. The molecular weight excluding hydrogens is 194 g/mol. The number of carboxylic acid groups (broad SMARTS) is 1. The maximum atomic E-state index is 10.5. The van der Waals surface area contributed by atoms with Gasteiger partial charge in [0.05, 0.1) is 12.5 Å². The smallest absolute Gasteiger partial charge is 0.304 e. The summed E-state index contributed by atoms with van der Waals surface area (Å²) in [5, 5.41) is 17.8. The van der Waals surface area contributed by atoms with Crippen LogP contribution in [0.5, 0.6) is 0 Å². The molecule has 0 heterocycles. The third kappa shape index (κ3) is 7.33. The van der Waals surface area contributed by atoms with Crippen LogP contribution >= 0.6 is 0 Å². The molecule has 0 radical (unpaired) electrons. The van der Waals surface area contributed by atoms with Gasteiger partial charge in [-0.1, -0.05) is 0 Å². The van der Waals surface area contributed by atoms with Gasteiger partial charge in [-0.05, 0) is 34.1 Å². The van der Waals surface area contributed by atoms with Crippen molar-refractivity contribution in [2.75, 3.05) is 13.1 Å². The lowest BCUT2D eigenvalue weighted by atomic mass is 10.0. The van der Waals surface area contributed by atoms with Crippen molar-refractivity contribution < 1.29 is 15.0 Å². The summed E-state index contributed by atoms with van der Waals surface area (Å²) >= 11 is 0. The highest BCUT2D eigenvalue weighted by molar-refractivity contribution is 5.66. The molecule has 0 saturated carbocycles. The zero-order valence-electron chi connectivity index (χ0n) is 10.2. The number of carbonyl (C=O) groups is 1. The Bertz CT molecular complexity index is 196. The van der Waals surface area contributed by atoms with E-state index in [-0.39, 0.29) is 18.1 Å². The topological polar surface area (TPSA) is 60.8 Å². The number of aliphatic hydroxyl groups excluding tert-OH is 1. The van der Waals surface area contributed by atoms with Gasteiger partial charge in [-0.2, -0.15) is 0 Å².